The van der Waals surface area contributed by atoms with Crippen molar-refractivity contribution in [3.63, 3.8) is 0 Å². The molecule has 0 aromatic carbocycles. The van der Waals surface area contributed by atoms with Gasteiger partial charge in [-0.3, -0.25) is 4.90 Å². The van der Waals surface area contributed by atoms with E-state index in [0.29, 0.717) is 45.4 Å². The van der Waals surface area contributed by atoms with Gasteiger partial charge in [0.2, 0.25) is 0 Å². The van der Waals surface area contributed by atoms with Crippen molar-refractivity contribution in [3.8, 4) is 0 Å². The zero-order valence-electron chi connectivity index (χ0n) is 35.3. The highest BCUT2D eigenvalue weighted by Crippen LogP contribution is 2.19. The predicted octanol–water partition coefficient (Wildman–Crippen LogP) is 9.25. The third kappa shape index (κ3) is 35.1. The summed E-state index contributed by atoms with van der Waals surface area (Å²) in [6, 6.07) is 0. The number of aliphatic hydroxyl groups excluding tert-OH is 2. The number of unbranched alkanes of at least 4 members (excludes halogenated alkanes) is 22. The summed E-state index contributed by atoms with van der Waals surface area (Å²) in [5.74, 6) is -3.92. The molecule has 0 bridgehead atoms. The first-order chi connectivity index (χ1) is 26.0. The van der Waals surface area contributed by atoms with Crippen LogP contribution in [0, 0.1) is 0 Å². The van der Waals surface area contributed by atoms with Crippen molar-refractivity contribution < 1.29 is 44.6 Å². The molecule has 2 atom stereocenters. The van der Waals surface area contributed by atoms with E-state index in [1.807, 2.05) is 0 Å². The highest BCUT2D eigenvalue weighted by Gasteiger charge is 2.24. The minimum Gasteiger partial charge on any atom is -0.464 e. The first-order valence-corrected chi connectivity index (χ1v) is 22.7. The van der Waals surface area contributed by atoms with Gasteiger partial charge in [0.05, 0.1) is 13.2 Å². The van der Waals surface area contributed by atoms with Crippen molar-refractivity contribution in [1.29, 1.82) is 0 Å². The lowest BCUT2D eigenvalue weighted by Crippen LogP contribution is -2.43. The molecule has 0 spiro atoms. The average Bonchev–Trinajstić information content (AvgIpc) is 3.13. The quantitative estimate of drug-likeness (QED) is 0.0231. The highest BCUT2D eigenvalue weighted by atomic mass is 16.7. The van der Waals surface area contributed by atoms with Gasteiger partial charge in [-0.05, 0) is 77.3 Å². The Balaban J connectivity index is 4.36. The minimum absolute atomic E-state index is 0.126. The van der Waals surface area contributed by atoms with Crippen LogP contribution in [0.3, 0.4) is 0 Å². The molecular formula is C44H87NO9. The molecule has 0 aliphatic heterocycles. The second-order valence-electron chi connectivity index (χ2n) is 15.9. The molecular weight excluding hydrogens is 686 g/mol. The van der Waals surface area contributed by atoms with Gasteiger partial charge in [0.25, 0.3) is 5.97 Å². The number of carbonyl (C=O) groups is 2. The van der Waals surface area contributed by atoms with Crippen molar-refractivity contribution in [2.75, 3.05) is 26.2 Å². The molecule has 54 heavy (non-hydrogen) atoms. The van der Waals surface area contributed by atoms with Gasteiger partial charge in [-0.25, -0.2) is 9.59 Å². The maximum absolute atomic E-state index is 12.8. The zero-order chi connectivity index (χ0) is 40.1. The van der Waals surface area contributed by atoms with E-state index < -0.39 is 30.1 Å². The summed E-state index contributed by atoms with van der Waals surface area (Å²) < 4.78 is 11.1. The normalized spacial score (nSPS) is 13.1. The zero-order valence-corrected chi connectivity index (χ0v) is 35.3. The average molecular weight is 774 g/mol. The lowest BCUT2D eigenvalue weighted by molar-refractivity contribution is -0.317. The SMILES string of the molecule is CCCCCCCCCCCOC(=O)C(O)CCCCN(CCCCCCC(O)C(=O)OC(CCCCCCCC)CCCCCCCC)CC(O)(O)O. The first kappa shape index (κ1) is 52.7. The van der Waals surface area contributed by atoms with Gasteiger partial charge in [0.15, 0.2) is 12.2 Å². The van der Waals surface area contributed by atoms with Crippen LogP contribution in [0.5, 0.6) is 0 Å². The van der Waals surface area contributed by atoms with Crippen LogP contribution < -0.4 is 0 Å². The molecule has 0 saturated heterocycles. The predicted molar refractivity (Wildman–Crippen MR) is 219 cm³/mol. The molecule has 0 heterocycles. The van der Waals surface area contributed by atoms with Crippen LogP contribution in [-0.2, 0) is 19.1 Å². The molecule has 5 N–H and O–H groups in total. The number of aliphatic hydroxyl groups is 5. The van der Waals surface area contributed by atoms with Gasteiger partial charge in [-0.2, -0.15) is 0 Å². The summed E-state index contributed by atoms with van der Waals surface area (Å²) in [6.45, 7) is 7.63. The topological polar surface area (TPSA) is 157 Å². The van der Waals surface area contributed by atoms with E-state index in [1.165, 1.54) is 89.9 Å². The fraction of sp³-hybridized carbons (Fsp3) is 0.955. The number of nitrogens with zero attached hydrogens (tertiary/aromatic N) is 1. The van der Waals surface area contributed by atoms with Gasteiger partial charge in [-0.15, -0.1) is 0 Å². The molecule has 0 aliphatic carbocycles. The molecule has 10 heteroatoms. The van der Waals surface area contributed by atoms with Crippen LogP contribution in [0.1, 0.15) is 220 Å². The Labute approximate surface area is 331 Å². The molecule has 2 unspecified atom stereocenters. The third-order valence-corrected chi connectivity index (χ3v) is 10.4. The van der Waals surface area contributed by atoms with Gasteiger partial charge < -0.3 is 35.0 Å². The second-order valence-corrected chi connectivity index (χ2v) is 15.9. The number of rotatable bonds is 41. The summed E-state index contributed by atoms with van der Waals surface area (Å²) in [5, 5.41) is 49.6. The van der Waals surface area contributed by atoms with E-state index in [9.17, 15) is 35.1 Å². The molecule has 0 amide bonds. The molecule has 0 aromatic rings. The molecule has 0 rings (SSSR count). The first-order valence-electron chi connectivity index (χ1n) is 22.7. The standard InChI is InChI=1S/C44H87NO9/c1-4-7-10-13-16-17-18-23-30-37-53-42(48)40(46)34-27-29-36-45(38-44(50,51)52)35-28-22-21-26-33-41(47)43(49)54-39(31-24-19-14-11-8-5-2)32-25-20-15-12-9-6-3/h39-41,46-47,50-52H,4-38H2,1-3H3. The van der Waals surface area contributed by atoms with Crippen LogP contribution in [0.25, 0.3) is 0 Å². The van der Waals surface area contributed by atoms with Crippen molar-refractivity contribution in [3.05, 3.63) is 0 Å². The molecule has 0 radical (unpaired) electrons. The number of carbonyl (C=O) groups excluding carboxylic acids is 2. The Kier molecular flexibility index (Phi) is 36.4. The lowest BCUT2D eigenvalue weighted by Gasteiger charge is -2.27. The van der Waals surface area contributed by atoms with Gasteiger partial charge >= 0.3 is 11.9 Å². The Morgan fingerprint density at radius 2 is 0.833 bits per heavy atom. The van der Waals surface area contributed by atoms with Crippen LogP contribution in [0.4, 0.5) is 0 Å². The molecule has 0 aromatic heterocycles. The molecule has 10 nitrogen and oxygen atoms in total. The molecule has 0 fully saturated rings. The van der Waals surface area contributed by atoms with E-state index in [-0.39, 0.29) is 19.1 Å². The maximum atomic E-state index is 12.8. The van der Waals surface area contributed by atoms with E-state index >= 15 is 0 Å². The monoisotopic (exact) mass is 774 g/mol. The number of esters is 2. The van der Waals surface area contributed by atoms with E-state index in [1.54, 1.807) is 4.90 Å². The van der Waals surface area contributed by atoms with Crippen LogP contribution in [0.15, 0.2) is 0 Å². The maximum Gasteiger partial charge on any atom is 0.335 e. The van der Waals surface area contributed by atoms with Crippen molar-refractivity contribution >= 4 is 11.9 Å². The van der Waals surface area contributed by atoms with Crippen molar-refractivity contribution in [2.45, 2.75) is 244 Å². The van der Waals surface area contributed by atoms with Crippen molar-refractivity contribution in [2.24, 2.45) is 0 Å². The summed E-state index contributed by atoms with van der Waals surface area (Å²) in [7, 11) is 0. The summed E-state index contributed by atoms with van der Waals surface area (Å²) in [5.41, 5.74) is 0. The van der Waals surface area contributed by atoms with Crippen LogP contribution in [-0.4, -0.2) is 92.9 Å². The van der Waals surface area contributed by atoms with Crippen LogP contribution in [0.2, 0.25) is 0 Å². The summed E-state index contributed by atoms with van der Waals surface area (Å²) >= 11 is 0. The number of hydrogen-bond acceptors (Lipinski definition) is 10. The second kappa shape index (κ2) is 37.3. The Bertz CT molecular complexity index is 821. The summed E-state index contributed by atoms with van der Waals surface area (Å²) in [6.07, 6.45) is 29.0. The fourth-order valence-electron chi connectivity index (χ4n) is 7.00. The van der Waals surface area contributed by atoms with Crippen molar-refractivity contribution in [1.82, 2.24) is 4.90 Å². The van der Waals surface area contributed by atoms with E-state index in [0.717, 1.165) is 77.0 Å². The van der Waals surface area contributed by atoms with Crippen LogP contribution >= 0.6 is 0 Å². The fourth-order valence-corrected chi connectivity index (χ4v) is 7.00. The summed E-state index contributed by atoms with van der Waals surface area (Å²) in [4.78, 5) is 26.7. The lowest BCUT2D eigenvalue weighted by atomic mass is 10.0. The molecule has 0 aliphatic rings. The molecule has 0 saturated carbocycles. The van der Waals surface area contributed by atoms with Gasteiger partial charge in [0.1, 0.15) is 6.10 Å². The minimum atomic E-state index is -2.81. The number of ether oxygens (including phenoxy) is 2. The Morgan fingerprint density at radius 3 is 1.30 bits per heavy atom. The van der Waals surface area contributed by atoms with Gasteiger partial charge in [0, 0.05) is 0 Å². The van der Waals surface area contributed by atoms with E-state index in [2.05, 4.69) is 20.8 Å². The highest BCUT2D eigenvalue weighted by molar-refractivity contribution is 5.74. The smallest absolute Gasteiger partial charge is 0.335 e. The number of hydrogen-bond donors (Lipinski definition) is 5. The Hall–Kier alpha value is -1.30. The van der Waals surface area contributed by atoms with Gasteiger partial charge in [-0.1, -0.05) is 156 Å². The third-order valence-electron chi connectivity index (χ3n) is 10.4. The van der Waals surface area contributed by atoms with E-state index in [4.69, 9.17) is 9.47 Å². The largest absolute Gasteiger partial charge is 0.464 e. The molecule has 322 valence electrons. The Morgan fingerprint density at radius 1 is 0.481 bits per heavy atom.